The largest absolute Gasteiger partial charge is 0.346 e. The van der Waals surface area contributed by atoms with Crippen molar-refractivity contribution in [3.8, 4) is 17.3 Å². The molecule has 7 nitrogen and oxygen atoms in total. The lowest BCUT2D eigenvalue weighted by atomic mass is 10.1. The number of hydrogen-bond donors (Lipinski definition) is 1. The van der Waals surface area contributed by atoms with Crippen LogP contribution in [0.25, 0.3) is 11.3 Å². The first-order valence-electron chi connectivity index (χ1n) is 9.49. The Morgan fingerprint density at radius 1 is 1.37 bits per heavy atom. The van der Waals surface area contributed by atoms with Crippen LogP contribution in [0, 0.1) is 24.1 Å². The van der Waals surface area contributed by atoms with Crippen molar-refractivity contribution in [3.05, 3.63) is 58.5 Å². The van der Waals surface area contributed by atoms with Crippen LogP contribution in [0.2, 0.25) is 5.02 Å². The van der Waals surface area contributed by atoms with E-state index in [0.29, 0.717) is 23.5 Å². The number of carbonyl (C=O) groups is 1. The number of imidazole rings is 1. The summed E-state index contributed by atoms with van der Waals surface area (Å²) in [4.78, 5) is 16.8. The molecule has 3 rings (SSSR count). The van der Waals surface area contributed by atoms with Gasteiger partial charge in [-0.3, -0.25) is 9.48 Å². The molecule has 0 aliphatic heterocycles. The first-order chi connectivity index (χ1) is 14.2. The summed E-state index contributed by atoms with van der Waals surface area (Å²) >= 11 is 5.97. The predicted octanol–water partition coefficient (Wildman–Crippen LogP) is 4.12. The van der Waals surface area contributed by atoms with E-state index in [2.05, 4.69) is 15.4 Å². The molecule has 0 saturated carbocycles. The minimum Gasteiger partial charge on any atom is -0.346 e. The molecule has 0 aliphatic rings. The lowest BCUT2D eigenvalue weighted by Crippen LogP contribution is -2.36. The minimum absolute atomic E-state index is 0.0406. The summed E-state index contributed by atoms with van der Waals surface area (Å²) in [5, 5.41) is 16.3. The number of amides is 1. The zero-order valence-corrected chi connectivity index (χ0v) is 17.9. The van der Waals surface area contributed by atoms with E-state index in [1.807, 2.05) is 32.3 Å². The lowest BCUT2D eigenvalue weighted by molar-refractivity contribution is 0.0931. The smallest absolute Gasteiger partial charge is 0.271 e. The normalized spacial score (nSPS) is 12.1. The maximum Gasteiger partial charge on any atom is 0.271 e. The molecule has 0 aliphatic carbocycles. The third kappa shape index (κ3) is 4.52. The van der Waals surface area contributed by atoms with Gasteiger partial charge in [0, 0.05) is 30.0 Å². The number of benzene rings is 1. The van der Waals surface area contributed by atoms with Gasteiger partial charge in [-0.2, -0.15) is 10.4 Å². The average Bonchev–Trinajstić information content (AvgIpc) is 3.28. The van der Waals surface area contributed by atoms with E-state index in [0.717, 1.165) is 5.82 Å². The van der Waals surface area contributed by atoms with Crippen LogP contribution in [0.5, 0.6) is 0 Å². The first-order valence-corrected chi connectivity index (χ1v) is 9.86. The summed E-state index contributed by atoms with van der Waals surface area (Å²) in [5.41, 5.74) is 1.18. The van der Waals surface area contributed by atoms with Gasteiger partial charge in [0.05, 0.1) is 17.3 Å². The molecule has 1 unspecified atom stereocenters. The summed E-state index contributed by atoms with van der Waals surface area (Å²) in [7, 11) is 0. The van der Waals surface area contributed by atoms with Crippen molar-refractivity contribution < 1.29 is 9.18 Å². The van der Waals surface area contributed by atoms with Gasteiger partial charge in [-0.25, -0.2) is 9.37 Å². The second kappa shape index (κ2) is 8.67. The van der Waals surface area contributed by atoms with Crippen molar-refractivity contribution in [2.45, 2.75) is 46.3 Å². The molecule has 0 bridgehead atoms. The highest BCUT2D eigenvalue weighted by Gasteiger charge is 2.17. The zero-order valence-electron chi connectivity index (χ0n) is 17.1. The predicted molar refractivity (Wildman–Crippen MR) is 112 cm³/mol. The Morgan fingerprint density at radius 2 is 2.10 bits per heavy atom. The zero-order chi connectivity index (χ0) is 22.0. The molecule has 156 valence electrons. The van der Waals surface area contributed by atoms with E-state index < -0.39 is 5.82 Å². The molecule has 1 atom stereocenters. The van der Waals surface area contributed by atoms with Gasteiger partial charge in [0.2, 0.25) is 0 Å². The van der Waals surface area contributed by atoms with Gasteiger partial charge in [0.1, 0.15) is 29.0 Å². The highest BCUT2D eigenvalue weighted by atomic mass is 35.5. The number of nitrogens with one attached hydrogen (secondary N) is 1. The summed E-state index contributed by atoms with van der Waals surface area (Å²) in [6, 6.07) is 6.21. The van der Waals surface area contributed by atoms with Gasteiger partial charge in [-0.1, -0.05) is 11.6 Å². The topological polar surface area (TPSA) is 88.5 Å². The SMILES string of the molecule is Cc1nc(C(=O)NC(C)Cn2ccc(-c3cc(F)c(C#N)c(Cl)c3)n2)cn1C(C)C. The fraction of sp³-hybridized carbons (Fsp3) is 0.333. The number of carbonyl (C=O) groups excluding carboxylic acids is 1. The number of hydrogen-bond acceptors (Lipinski definition) is 4. The molecule has 0 spiro atoms. The molecule has 9 heteroatoms. The summed E-state index contributed by atoms with van der Waals surface area (Å²) in [6.07, 6.45) is 3.48. The van der Waals surface area contributed by atoms with Crippen LogP contribution in [0.3, 0.4) is 0 Å². The molecule has 3 aromatic rings. The van der Waals surface area contributed by atoms with Gasteiger partial charge >= 0.3 is 0 Å². The second-order valence-corrected chi connectivity index (χ2v) is 7.81. The van der Waals surface area contributed by atoms with Crippen LogP contribution in [0.15, 0.2) is 30.6 Å². The maximum atomic E-state index is 14.0. The molecule has 2 heterocycles. The fourth-order valence-electron chi connectivity index (χ4n) is 3.19. The molecular weight excluding hydrogens is 407 g/mol. The maximum absolute atomic E-state index is 14.0. The van der Waals surface area contributed by atoms with Gasteiger partial charge in [0.15, 0.2) is 0 Å². The number of aromatic nitrogens is 4. The molecule has 2 aromatic heterocycles. The van der Waals surface area contributed by atoms with Crippen LogP contribution in [0.1, 0.15) is 48.7 Å². The van der Waals surface area contributed by atoms with Crippen LogP contribution in [0.4, 0.5) is 4.39 Å². The highest BCUT2D eigenvalue weighted by molar-refractivity contribution is 6.32. The first kappa shape index (κ1) is 21.5. The minimum atomic E-state index is -0.689. The summed E-state index contributed by atoms with van der Waals surface area (Å²) in [5.74, 6) is -0.155. The molecular formula is C21H22ClFN6O. The number of halogens is 2. The van der Waals surface area contributed by atoms with E-state index in [1.165, 1.54) is 12.1 Å². The molecule has 1 amide bonds. The van der Waals surface area contributed by atoms with Gasteiger partial charge < -0.3 is 9.88 Å². The molecule has 0 saturated heterocycles. The van der Waals surface area contributed by atoms with Gasteiger partial charge in [-0.15, -0.1) is 0 Å². The van der Waals surface area contributed by atoms with Crippen molar-refractivity contribution in [1.82, 2.24) is 24.6 Å². The monoisotopic (exact) mass is 428 g/mol. The number of rotatable bonds is 6. The fourth-order valence-corrected chi connectivity index (χ4v) is 3.44. The number of aryl methyl sites for hydroxylation is 1. The Balaban J connectivity index is 1.68. The molecule has 30 heavy (non-hydrogen) atoms. The Bertz CT molecular complexity index is 1100. The van der Waals surface area contributed by atoms with Crippen molar-refractivity contribution in [2.24, 2.45) is 0 Å². The molecule has 1 N–H and O–H groups in total. The standard InChI is InChI=1S/C21H22ClFN6O/c1-12(2)29-11-20(26-14(29)4)21(30)25-13(3)10-28-6-5-19(27-28)15-7-17(22)16(9-24)18(23)8-15/h5-8,11-13H,10H2,1-4H3,(H,25,30). The van der Waals surface area contributed by atoms with Crippen LogP contribution < -0.4 is 5.32 Å². The van der Waals surface area contributed by atoms with E-state index in [1.54, 1.807) is 29.2 Å². The summed E-state index contributed by atoms with van der Waals surface area (Å²) < 4.78 is 17.6. The van der Waals surface area contributed by atoms with E-state index in [-0.39, 0.29) is 28.6 Å². The van der Waals surface area contributed by atoms with E-state index in [4.69, 9.17) is 16.9 Å². The third-order valence-corrected chi connectivity index (χ3v) is 4.93. The average molecular weight is 429 g/mol. The number of nitrogens with zero attached hydrogens (tertiary/aromatic N) is 5. The highest BCUT2D eigenvalue weighted by Crippen LogP contribution is 2.26. The van der Waals surface area contributed by atoms with E-state index in [9.17, 15) is 9.18 Å². The van der Waals surface area contributed by atoms with Crippen LogP contribution >= 0.6 is 11.6 Å². The quantitative estimate of drug-likeness (QED) is 0.639. The van der Waals surface area contributed by atoms with Crippen molar-refractivity contribution in [3.63, 3.8) is 0 Å². The van der Waals surface area contributed by atoms with Gasteiger partial charge in [-0.05, 0) is 45.9 Å². The Hall–Kier alpha value is -3.18. The number of nitriles is 1. The molecule has 0 fully saturated rings. The van der Waals surface area contributed by atoms with Crippen molar-refractivity contribution in [2.75, 3.05) is 0 Å². The Kier molecular flexibility index (Phi) is 6.22. The third-order valence-electron chi connectivity index (χ3n) is 4.64. The van der Waals surface area contributed by atoms with Crippen LogP contribution in [-0.2, 0) is 6.54 Å². The Morgan fingerprint density at radius 3 is 2.70 bits per heavy atom. The molecule has 1 aromatic carbocycles. The second-order valence-electron chi connectivity index (χ2n) is 7.40. The van der Waals surface area contributed by atoms with Crippen molar-refractivity contribution in [1.29, 1.82) is 5.26 Å². The van der Waals surface area contributed by atoms with Crippen molar-refractivity contribution >= 4 is 17.5 Å². The Labute approximate surface area is 179 Å². The van der Waals surface area contributed by atoms with E-state index >= 15 is 0 Å². The van der Waals surface area contributed by atoms with Gasteiger partial charge in [0.25, 0.3) is 5.91 Å². The molecule has 0 radical (unpaired) electrons. The lowest BCUT2D eigenvalue weighted by Gasteiger charge is -2.13. The van der Waals surface area contributed by atoms with Crippen LogP contribution in [-0.4, -0.2) is 31.3 Å². The summed E-state index contributed by atoms with van der Waals surface area (Å²) in [6.45, 7) is 8.21.